The van der Waals surface area contributed by atoms with Crippen LogP contribution in [0.5, 0.6) is 0 Å². The average Bonchev–Trinajstić information content (AvgIpc) is 2.58. The third kappa shape index (κ3) is 2.41. The van der Waals surface area contributed by atoms with Gasteiger partial charge in [-0.25, -0.2) is 0 Å². The largest absolute Gasteiger partial charge is 0.396 e. The first-order chi connectivity index (χ1) is 8.55. The van der Waals surface area contributed by atoms with Gasteiger partial charge in [0.2, 0.25) is 5.91 Å². The molecule has 0 bridgehead atoms. The Hall–Kier alpha value is -1.35. The zero-order chi connectivity index (χ0) is 13.2. The van der Waals surface area contributed by atoms with E-state index in [-0.39, 0.29) is 24.0 Å². The lowest BCUT2D eigenvalue weighted by atomic mass is 9.89. The van der Waals surface area contributed by atoms with Crippen LogP contribution in [-0.2, 0) is 11.2 Å². The van der Waals surface area contributed by atoms with Gasteiger partial charge in [0.1, 0.15) is 0 Å². The van der Waals surface area contributed by atoms with Crippen molar-refractivity contribution in [1.82, 2.24) is 4.90 Å². The van der Waals surface area contributed by atoms with E-state index >= 15 is 0 Å². The van der Waals surface area contributed by atoms with Crippen molar-refractivity contribution in [3.63, 3.8) is 0 Å². The molecule has 2 rings (SSSR count). The number of amides is 1. The molecule has 1 unspecified atom stereocenters. The molecule has 0 aromatic heterocycles. The van der Waals surface area contributed by atoms with Gasteiger partial charge in [-0.15, -0.1) is 0 Å². The fraction of sp³-hybridized carbons (Fsp3) is 0.533. The molecule has 0 radical (unpaired) electrons. The van der Waals surface area contributed by atoms with E-state index in [2.05, 4.69) is 12.1 Å². The summed E-state index contributed by atoms with van der Waals surface area (Å²) in [6.07, 6.45) is 1.34. The van der Waals surface area contributed by atoms with Gasteiger partial charge in [-0.3, -0.25) is 4.79 Å². The molecule has 1 aromatic rings. The number of hydrogen-bond donors (Lipinski definition) is 1. The van der Waals surface area contributed by atoms with E-state index in [0.29, 0.717) is 6.42 Å². The number of carbonyl (C=O) groups is 1. The second kappa shape index (κ2) is 5.11. The first-order valence-corrected chi connectivity index (χ1v) is 6.51. The zero-order valence-electron chi connectivity index (χ0n) is 11.1. The summed E-state index contributed by atoms with van der Waals surface area (Å²) in [6.45, 7) is 4.90. The van der Waals surface area contributed by atoms with Gasteiger partial charge in [-0.1, -0.05) is 30.3 Å². The summed E-state index contributed by atoms with van der Waals surface area (Å²) in [4.78, 5) is 13.9. The maximum Gasteiger partial charge on any atom is 0.223 e. The van der Waals surface area contributed by atoms with Crippen LogP contribution < -0.4 is 0 Å². The highest BCUT2D eigenvalue weighted by Gasteiger charge is 2.45. The summed E-state index contributed by atoms with van der Waals surface area (Å²) in [6, 6.07) is 10.2. The lowest BCUT2D eigenvalue weighted by Crippen LogP contribution is -2.45. The lowest BCUT2D eigenvalue weighted by molar-refractivity contribution is -0.130. The second-order valence-corrected chi connectivity index (χ2v) is 5.52. The van der Waals surface area contributed by atoms with Crippen LogP contribution in [0.1, 0.15) is 25.8 Å². The number of likely N-dealkylation sites (tertiary alicyclic amines) is 1. The highest BCUT2D eigenvalue weighted by Crippen LogP contribution is 2.35. The molecule has 1 saturated heterocycles. The summed E-state index contributed by atoms with van der Waals surface area (Å²) in [5.41, 5.74) is 1.01. The molecular weight excluding hydrogens is 226 g/mol. The molecule has 0 saturated carbocycles. The van der Waals surface area contributed by atoms with Crippen molar-refractivity contribution in [2.75, 3.05) is 13.2 Å². The summed E-state index contributed by atoms with van der Waals surface area (Å²) in [5, 5.41) is 9.34. The van der Waals surface area contributed by atoms with Gasteiger partial charge in [0.25, 0.3) is 0 Å². The fourth-order valence-electron chi connectivity index (χ4n) is 2.70. The predicted molar refractivity (Wildman–Crippen MR) is 71.1 cm³/mol. The van der Waals surface area contributed by atoms with Crippen LogP contribution in [0.25, 0.3) is 0 Å². The minimum Gasteiger partial charge on any atom is -0.396 e. The molecule has 1 aliphatic heterocycles. The Kier molecular flexibility index (Phi) is 3.71. The number of aliphatic hydroxyl groups is 1. The minimum atomic E-state index is -0.236. The lowest BCUT2D eigenvalue weighted by Gasteiger charge is -2.35. The van der Waals surface area contributed by atoms with E-state index in [1.807, 2.05) is 36.9 Å². The molecule has 1 aromatic carbocycles. The predicted octanol–water partition coefficient (Wildman–Crippen LogP) is 1.85. The van der Waals surface area contributed by atoms with Crippen molar-refractivity contribution in [2.24, 2.45) is 5.92 Å². The molecule has 0 spiro atoms. The molecule has 1 fully saturated rings. The number of aliphatic hydroxyl groups excluding tert-OH is 1. The van der Waals surface area contributed by atoms with Crippen molar-refractivity contribution >= 4 is 5.91 Å². The topological polar surface area (TPSA) is 40.5 Å². The maximum absolute atomic E-state index is 12.0. The first-order valence-electron chi connectivity index (χ1n) is 6.51. The molecule has 18 heavy (non-hydrogen) atoms. The number of benzene rings is 1. The monoisotopic (exact) mass is 247 g/mol. The summed E-state index contributed by atoms with van der Waals surface area (Å²) in [7, 11) is 0. The van der Waals surface area contributed by atoms with Crippen LogP contribution in [0.15, 0.2) is 30.3 Å². The molecule has 3 heteroatoms. The van der Waals surface area contributed by atoms with E-state index in [0.717, 1.165) is 13.0 Å². The molecule has 1 atom stereocenters. The van der Waals surface area contributed by atoms with Gasteiger partial charge < -0.3 is 10.0 Å². The van der Waals surface area contributed by atoms with Gasteiger partial charge in [-0.05, 0) is 25.8 Å². The van der Waals surface area contributed by atoms with E-state index in [1.54, 1.807) is 0 Å². The Morgan fingerprint density at radius 1 is 1.33 bits per heavy atom. The number of carbonyl (C=O) groups excluding carboxylic acids is 1. The van der Waals surface area contributed by atoms with Gasteiger partial charge in [0, 0.05) is 31.0 Å². The summed E-state index contributed by atoms with van der Waals surface area (Å²) in [5.74, 6) is 0.218. The average molecular weight is 247 g/mol. The van der Waals surface area contributed by atoms with Crippen molar-refractivity contribution in [3.05, 3.63) is 35.9 Å². The highest BCUT2D eigenvalue weighted by molar-refractivity contribution is 5.80. The number of nitrogens with zero attached hydrogens (tertiary/aromatic N) is 1. The fourth-order valence-corrected chi connectivity index (χ4v) is 2.70. The van der Waals surface area contributed by atoms with Gasteiger partial charge in [0.15, 0.2) is 0 Å². The molecule has 98 valence electrons. The Labute approximate surface area is 108 Å². The van der Waals surface area contributed by atoms with E-state index in [1.165, 1.54) is 5.56 Å². The quantitative estimate of drug-likeness (QED) is 0.882. The van der Waals surface area contributed by atoms with Gasteiger partial charge in [0.05, 0.1) is 0 Å². The Morgan fingerprint density at radius 3 is 2.56 bits per heavy atom. The van der Waals surface area contributed by atoms with Crippen molar-refractivity contribution in [3.8, 4) is 0 Å². The maximum atomic E-state index is 12.0. The third-order valence-corrected chi connectivity index (χ3v) is 4.10. The second-order valence-electron chi connectivity index (χ2n) is 5.52. The van der Waals surface area contributed by atoms with Crippen LogP contribution in [0.4, 0.5) is 0 Å². The van der Waals surface area contributed by atoms with Crippen LogP contribution in [-0.4, -0.2) is 34.6 Å². The molecule has 1 heterocycles. The Balaban J connectivity index is 2.03. The first kappa shape index (κ1) is 13.1. The summed E-state index contributed by atoms with van der Waals surface area (Å²) < 4.78 is 0. The standard InChI is InChI=1S/C15H21NO2/c1-15(2)13(11-17)10-14(18)16(15)9-8-12-6-4-3-5-7-12/h3-7,13,17H,8-11H2,1-2H3. The van der Waals surface area contributed by atoms with Crippen LogP contribution in [0.2, 0.25) is 0 Å². The van der Waals surface area contributed by atoms with Crippen molar-refractivity contribution in [2.45, 2.75) is 32.2 Å². The zero-order valence-corrected chi connectivity index (χ0v) is 11.1. The van der Waals surface area contributed by atoms with Crippen molar-refractivity contribution in [1.29, 1.82) is 0 Å². The van der Waals surface area contributed by atoms with E-state index in [9.17, 15) is 9.90 Å². The Morgan fingerprint density at radius 2 is 2.00 bits per heavy atom. The smallest absolute Gasteiger partial charge is 0.223 e. The molecule has 1 aliphatic rings. The van der Waals surface area contributed by atoms with Gasteiger partial charge >= 0.3 is 0 Å². The van der Waals surface area contributed by atoms with E-state index < -0.39 is 0 Å². The minimum absolute atomic E-state index is 0.0563. The Bertz CT molecular complexity index is 414. The molecule has 1 amide bonds. The molecule has 0 aliphatic carbocycles. The summed E-state index contributed by atoms with van der Waals surface area (Å²) >= 11 is 0. The SMILES string of the molecule is CC1(C)C(CO)CC(=O)N1CCc1ccccc1. The highest BCUT2D eigenvalue weighted by atomic mass is 16.3. The van der Waals surface area contributed by atoms with Crippen LogP contribution >= 0.6 is 0 Å². The molecule has 3 nitrogen and oxygen atoms in total. The van der Waals surface area contributed by atoms with Crippen LogP contribution in [0.3, 0.4) is 0 Å². The number of rotatable bonds is 4. The normalized spacial score (nSPS) is 22.5. The van der Waals surface area contributed by atoms with Crippen molar-refractivity contribution < 1.29 is 9.90 Å². The molecular formula is C15H21NO2. The number of hydrogen-bond acceptors (Lipinski definition) is 2. The molecule has 1 N–H and O–H groups in total. The third-order valence-electron chi connectivity index (χ3n) is 4.10. The van der Waals surface area contributed by atoms with Gasteiger partial charge in [-0.2, -0.15) is 0 Å². The van der Waals surface area contributed by atoms with Crippen LogP contribution in [0, 0.1) is 5.92 Å². The van der Waals surface area contributed by atoms with E-state index in [4.69, 9.17) is 0 Å².